The predicted molar refractivity (Wildman–Crippen MR) is 153 cm³/mol. The molecule has 2 unspecified atom stereocenters. The predicted octanol–water partition coefficient (Wildman–Crippen LogP) is 6.93. The van der Waals surface area contributed by atoms with Crippen LogP contribution in [0.5, 0.6) is 0 Å². The number of ether oxygens (including phenoxy) is 1. The number of amides is 1. The molecule has 6 nitrogen and oxygen atoms in total. The fourth-order valence-electron chi connectivity index (χ4n) is 4.80. The Labute approximate surface area is 230 Å². The minimum Gasteiger partial charge on any atom is -0.457 e. The number of cyclic esters (lactones) is 1. The van der Waals surface area contributed by atoms with E-state index < -0.39 is 16.8 Å². The Morgan fingerprint density at radius 3 is 2.62 bits per heavy atom. The third-order valence-electron chi connectivity index (χ3n) is 6.85. The maximum Gasteiger partial charge on any atom is 0.327 e. The smallest absolute Gasteiger partial charge is 0.327 e. The second kappa shape index (κ2) is 10.5. The van der Waals surface area contributed by atoms with Crippen molar-refractivity contribution in [3.63, 3.8) is 0 Å². The van der Waals surface area contributed by atoms with Crippen molar-refractivity contribution in [2.24, 2.45) is 5.92 Å². The summed E-state index contributed by atoms with van der Waals surface area (Å²) in [5, 5.41) is 6.56. The average molecular weight is 559 g/mol. The first kappa shape index (κ1) is 27.8. The van der Waals surface area contributed by atoms with Crippen molar-refractivity contribution in [3.05, 3.63) is 39.6 Å². The average Bonchev–Trinajstić information content (AvgIpc) is 3.43. The largest absolute Gasteiger partial charge is 0.457 e. The molecule has 9 heteroatoms. The maximum absolute atomic E-state index is 13.5. The Balaban J connectivity index is 1.66. The van der Waals surface area contributed by atoms with E-state index in [0.717, 1.165) is 32.7 Å². The Kier molecular flexibility index (Phi) is 7.89. The van der Waals surface area contributed by atoms with Crippen LogP contribution < -0.4 is 5.32 Å². The van der Waals surface area contributed by atoms with Gasteiger partial charge in [0.25, 0.3) is 0 Å². The van der Waals surface area contributed by atoms with Crippen LogP contribution in [0.25, 0.3) is 10.2 Å². The van der Waals surface area contributed by atoms with Gasteiger partial charge in [0, 0.05) is 18.2 Å². The molecule has 1 saturated heterocycles. The van der Waals surface area contributed by atoms with Crippen LogP contribution in [0, 0.1) is 12.8 Å². The number of thioether (sulfide) groups is 1. The van der Waals surface area contributed by atoms with E-state index in [9.17, 15) is 14.4 Å². The van der Waals surface area contributed by atoms with Crippen LogP contribution in [-0.2, 0) is 31.0 Å². The van der Waals surface area contributed by atoms with Crippen molar-refractivity contribution in [2.75, 3.05) is 5.32 Å². The third-order valence-corrected chi connectivity index (χ3v) is 9.84. The lowest BCUT2D eigenvalue weighted by atomic mass is 9.78. The van der Waals surface area contributed by atoms with Gasteiger partial charge in [-0.3, -0.25) is 14.4 Å². The van der Waals surface area contributed by atoms with Gasteiger partial charge in [-0.1, -0.05) is 46.0 Å². The zero-order valence-electron chi connectivity index (χ0n) is 22.4. The van der Waals surface area contributed by atoms with Crippen LogP contribution in [0.3, 0.4) is 0 Å². The number of rotatable bonds is 7. The number of carbonyl (C=O) groups excluding carboxylic acids is 3. The summed E-state index contributed by atoms with van der Waals surface area (Å²) in [5.41, 5.74) is 2.91. The number of hydrogen-bond donors (Lipinski definition) is 1. The van der Waals surface area contributed by atoms with E-state index in [2.05, 4.69) is 42.5 Å². The number of thiophene rings is 1. The number of fused-ring (bicyclic) bond motifs is 1. The molecular formula is C28H34N2O4S3. The molecule has 1 aliphatic heterocycles. The van der Waals surface area contributed by atoms with Crippen molar-refractivity contribution in [3.8, 4) is 0 Å². The minimum atomic E-state index is -0.909. The number of nitrogens with one attached hydrogen (secondary N) is 1. The van der Waals surface area contributed by atoms with E-state index in [1.54, 1.807) is 11.3 Å². The van der Waals surface area contributed by atoms with Crippen LogP contribution in [0.1, 0.15) is 71.1 Å². The number of aryl methyl sites for hydroxylation is 2. The highest BCUT2D eigenvalue weighted by Crippen LogP contribution is 2.46. The third kappa shape index (κ3) is 5.78. The van der Waals surface area contributed by atoms with Gasteiger partial charge in [-0.2, -0.15) is 11.3 Å². The van der Waals surface area contributed by atoms with Crippen LogP contribution in [0.4, 0.5) is 5.13 Å². The van der Waals surface area contributed by atoms with E-state index >= 15 is 0 Å². The zero-order chi connectivity index (χ0) is 27.1. The molecule has 1 fully saturated rings. The summed E-state index contributed by atoms with van der Waals surface area (Å²) in [5.74, 6) is -0.688. The lowest BCUT2D eigenvalue weighted by Crippen LogP contribution is -2.52. The molecule has 0 radical (unpaired) electrons. The number of nitrogens with zero attached hydrogens (tertiary/aromatic N) is 1. The van der Waals surface area contributed by atoms with Crippen molar-refractivity contribution < 1.29 is 19.1 Å². The molecule has 0 spiro atoms. The number of anilines is 1. The molecule has 0 saturated carbocycles. The Hall–Kier alpha value is -2.23. The second-order valence-corrected chi connectivity index (χ2v) is 14.0. The van der Waals surface area contributed by atoms with Crippen molar-refractivity contribution in [1.29, 1.82) is 0 Å². The molecule has 198 valence electrons. The molecule has 0 aliphatic carbocycles. The first-order valence-electron chi connectivity index (χ1n) is 12.5. The molecule has 3 aromatic rings. The summed E-state index contributed by atoms with van der Waals surface area (Å²) in [6, 6.07) is 4.08. The van der Waals surface area contributed by atoms with Crippen molar-refractivity contribution in [1.82, 2.24) is 4.98 Å². The number of aromatic nitrogens is 1. The number of thiazole rings is 1. The number of carbonyl (C=O) groups is 3. The topological polar surface area (TPSA) is 85.4 Å². The summed E-state index contributed by atoms with van der Waals surface area (Å²) < 4.78 is 7.11. The van der Waals surface area contributed by atoms with Crippen molar-refractivity contribution in [2.45, 2.75) is 88.9 Å². The van der Waals surface area contributed by atoms with Gasteiger partial charge < -0.3 is 10.1 Å². The van der Waals surface area contributed by atoms with Gasteiger partial charge in [0.05, 0.1) is 10.2 Å². The highest BCUT2D eigenvalue weighted by atomic mass is 32.2. The fourth-order valence-corrected chi connectivity index (χ4v) is 8.30. The number of hydrogen-bond acceptors (Lipinski definition) is 8. The van der Waals surface area contributed by atoms with Gasteiger partial charge in [-0.25, -0.2) is 4.98 Å². The highest BCUT2D eigenvalue weighted by molar-refractivity contribution is 8.01. The van der Waals surface area contributed by atoms with Crippen molar-refractivity contribution >= 4 is 67.4 Å². The quantitative estimate of drug-likeness (QED) is 0.250. The molecule has 3 heterocycles. The summed E-state index contributed by atoms with van der Waals surface area (Å²) >= 11 is 4.35. The SMILES string of the molecule is CC(=O)Nc1nc2c(C)cc(SC3C(=O)CC(CCc4ccsc4)(C(C)C)OC3=O)c(C(C)(C)C)c2s1. The van der Waals surface area contributed by atoms with Gasteiger partial charge >= 0.3 is 5.97 Å². The molecule has 4 rings (SSSR count). The number of esters is 1. The number of ketones is 1. The molecule has 2 atom stereocenters. The second-order valence-electron chi connectivity index (χ2n) is 11.1. The Morgan fingerprint density at radius 1 is 1.32 bits per heavy atom. The monoisotopic (exact) mass is 558 g/mol. The van der Waals surface area contributed by atoms with E-state index in [-0.39, 0.29) is 29.4 Å². The van der Waals surface area contributed by atoms with Crippen LogP contribution in [-0.4, -0.2) is 33.5 Å². The molecule has 0 bridgehead atoms. The lowest BCUT2D eigenvalue weighted by Gasteiger charge is -2.41. The molecule has 1 aliphatic rings. The van der Waals surface area contributed by atoms with E-state index in [1.165, 1.54) is 35.6 Å². The Morgan fingerprint density at radius 2 is 2.05 bits per heavy atom. The van der Waals surface area contributed by atoms with Gasteiger partial charge in [-0.15, -0.1) is 11.8 Å². The van der Waals surface area contributed by atoms with Crippen LogP contribution in [0.2, 0.25) is 0 Å². The van der Waals surface area contributed by atoms with Gasteiger partial charge in [0.2, 0.25) is 5.91 Å². The van der Waals surface area contributed by atoms with Crippen LogP contribution >= 0.6 is 34.4 Å². The van der Waals surface area contributed by atoms with E-state index in [1.807, 2.05) is 32.2 Å². The zero-order valence-corrected chi connectivity index (χ0v) is 24.8. The van der Waals surface area contributed by atoms with Gasteiger partial charge in [-0.05, 0) is 70.7 Å². The summed E-state index contributed by atoms with van der Waals surface area (Å²) in [6.07, 6.45) is 1.62. The lowest BCUT2D eigenvalue weighted by molar-refractivity contribution is -0.176. The Bertz CT molecular complexity index is 1320. The minimum absolute atomic E-state index is 0.0260. The summed E-state index contributed by atoms with van der Waals surface area (Å²) in [7, 11) is 0. The summed E-state index contributed by atoms with van der Waals surface area (Å²) in [4.78, 5) is 44.1. The number of benzene rings is 1. The molecule has 1 amide bonds. The normalized spacial score (nSPS) is 20.5. The number of Topliss-reactive ketones (excluding diaryl/α,β-unsaturated/α-hetero) is 1. The highest BCUT2D eigenvalue weighted by Gasteiger charge is 2.49. The van der Waals surface area contributed by atoms with Gasteiger partial charge in [0.1, 0.15) is 5.60 Å². The molecule has 1 aromatic carbocycles. The molecule has 1 N–H and O–H groups in total. The standard InChI is InChI=1S/C28H34N2O4S3/c1-15(2)28(10-8-18-9-11-35-14-18)13-19(32)23(25(33)34-28)36-20-12-16(3)22-24(21(20)27(5,6)7)37-26(30-22)29-17(4)31/h9,11-12,14-15,23H,8,10,13H2,1-7H3,(H,29,30,31). The summed E-state index contributed by atoms with van der Waals surface area (Å²) in [6.45, 7) is 13.8. The van der Waals surface area contributed by atoms with Gasteiger partial charge in [0.15, 0.2) is 16.2 Å². The molecule has 37 heavy (non-hydrogen) atoms. The molecular weight excluding hydrogens is 525 g/mol. The molecule has 2 aromatic heterocycles. The van der Waals surface area contributed by atoms with E-state index in [0.29, 0.717) is 11.6 Å². The fraction of sp³-hybridized carbons (Fsp3) is 0.500. The maximum atomic E-state index is 13.5. The van der Waals surface area contributed by atoms with Crippen LogP contribution in [0.15, 0.2) is 27.8 Å². The first-order chi connectivity index (χ1) is 17.3. The van der Waals surface area contributed by atoms with E-state index in [4.69, 9.17) is 4.74 Å². The first-order valence-corrected chi connectivity index (χ1v) is 15.1.